The van der Waals surface area contributed by atoms with Crippen LogP contribution in [0.3, 0.4) is 0 Å². The highest BCUT2D eigenvalue weighted by Gasteiger charge is 2.22. The lowest BCUT2D eigenvalue weighted by Gasteiger charge is -2.17. The number of rotatable bonds is 6. The molecule has 0 amide bonds. The Morgan fingerprint density at radius 3 is 2.22 bits per heavy atom. The maximum Gasteiger partial charge on any atom is 0.241 e. The number of sulfonamides is 1. The molecule has 1 aromatic carbocycles. The van der Waals surface area contributed by atoms with Crippen LogP contribution < -0.4 is 14.2 Å². The Morgan fingerprint density at radius 1 is 1.09 bits per heavy atom. The van der Waals surface area contributed by atoms with Crippen molar-refractivity contribution in [2.24, 2.45) is 0 Å². The lowest BCUT2D eigenvalue weighted by molar-refractivity contribution is 0.353. The van der Waals surface area contributed by atoms with Gasteiger partial charge in [-0.3, -0.25) is 4.98 Å². The first kappa shape index (κ1) is 17.2. The Kier molecular flexibility index (Phi) is 5.23. The lowest BCUT2D eigenvalue weighted by Crippen LogP contribution is -2.27. The fourth-order valence-corrected chi connectivity index (χ4v) is 3.74. The summed E-state index contributed by atoms with van der Waals surface area (Å²) in [5.74, 6) is 0.862. The van der Waals surface area contributed by atoms with Crippen molar-refractivity contribution in [2.45, 2.75) is 24.8 Å². The molecule has 0 spiro atoms. The highest BCUT2D eigenvalue weighted by molar-refractivity contribution is 7.89. The van der Waals surface area contributed by atoms with Gasteiger partial charge in [-0.1, -0.05) is 0 Å². The van der Waals surface area contributed by atoms with Crippen LogP contribution in [0.4, 0.5) is 0 Å². The SMILES string of the molecule is COc1cc(C)c(S(=O)(=O)N[C@H](C)c2ccncc2)cc1OC. The van der Waals surface area contributed by atoms with Gasteiger partial charge in [0.05, 0.1) is 19.1 Å². The first-order valence-corrected chi connectivity index (χ1v) is 8.52. The van der Waals surface area contributed by atoms with Crippen LogP contribution in [-0.2, 0) is 10.0 Å². The Morgan fingerprint density at radius 2 is 1.65 bits per heavy atom. The maximum absolute atomic E-state index is 12.7. The van der Waals surface area contributed by atoms with Gasteiger partial charge in [-0.05, 0) is 43.2 Å². The van der Waals surface area contributed by atoms with Gasteiger partial charge in [0.2, 0.25) is 10.0 Å². The molecule has 0 fully saturated rings. The van der Waals surface area contributed by atoms with Crippen LogP contribution in [0.2, 0.25) is 0 Å². The van der Waals surface area contributed by atoms with Crippen LogP contribution >= 0.6 is 0 Å². The van der Waals surface area contributed by atoms with Gasteiger partial charge in [0, 0.05) is 24.5 Å². The molecule has 124 valence electrons. The maximum atomic E-state index is 12.7. The van der Waals surface area contributed by atoms with Crippen LogP contribution in [-0.4, -0.2) is 27.6 Å². The Bertz CT molecular complexity index is 776. The van der Waals surface area contributed by atoms with Gasteiger partial charge in [0.15, 0.2) is 11.5 Å². The minimum Gasteiger partial charge on any atom is -0.493 e. The van der Waals surface area contributed by atoms with E-state index in [-0.39, 0.29) is 10.9 Å². The van der Waals surface area contributed by atoms with Gasteiger partial charge < -0.3 is 9.47 Å². The molecule has 0 bridgehead atoms. The first-order chi connectivity index (χ1) is 10.9. The molecule has 2 aromatic rings. The van der Waals surface area contributed by atoms with Gasteiger partial charge in [0.25, 0.3) is 0 Å². The smallest absolute Gasteiger partial charge is 0.241 e. The number of methoxy groups -OCH3 is 2. The zero-order valence-electron chi connectivity index (χ0n) is 13.5. The van der Waals surface area contributed by atoms with Crippen molar-refractivity contribution in [2.75, 3.05) is 14.2 Å². The van der Waals surface area contributed by atoms with Crippen molar-refractivity contribution >= 4 is 10.0 Å². The van der Waals surface area contributed by atoms with Gasteiger partial charge in [-0.25, -0.2) is 13.1 Å². The summed E-state index contributed by atoms with van der Waals surface area (Å²) in [5.41, 5.74) is 1.42. The van der Waals surface area contributed by atoms with E-state index in [2.05, 4.69) is 9.71 Å². The van der Waals surface area contributed by atoms with Crippen LogP contribution in [0.1, 0.15) is 24.1 Å². The second-order valence-electron chi connectivity index (χ2n) is 5.10. The summed E-state index contributed by atoms with van der Waals surface area (Å²) in [6.07, 6.45) is 3.25. The summed E-state index contributed by atoms with van der Waals surface area (Å²) < 4.78 is 38.4. The van der Waals surface area contributed by atoms with Gasteiger partial charge in [0.1, 0.15) is 0 Å². The summed E-state index contributed by atoms with van der Waals surface area (Å²) in [6, 6.07) is 6.28. The van der Waals surface area contributed by atoms with Gasteiger partial charge in [-0.2, -0.15) is 0 Å². The van der Waals surface area contributed by atoms with Gasteiger partial charge in [-0.15, -0.1) is 0 Å². The van der Waals surface area contributed by atoms with E-state index in [0.29, 0.717) is 17.1 Å². The number of aromatic nitrogens is 1. The highest BCUT2D eigenvalue weighted by Crippen LogP contribution is 2.32. The van der Waals surface area contributed by atoms with E-state index in [1.165, 1.54) is 20.3 Å². The molecule has 0 aliphatic heterocycles. The number of hydrogen-bond donors (Lipinski definition) is 1. The molecule has 6 nitrogen and oxygen atoms in total. The third-order valence-electron chi connectivity index (χ3n) is 3.51. The van der Waals surface area contributed by atoms with Crippen molar-refractivity contribution in [3.8, 4) is 11.5 Å². The van der Waals surface area contributed by atoms with Crippen molar-refractivity contribution < 1.29 is 17.9 Å². The van der Waals surface area contributed by atoms with Crippen LogP contribution in [0.25, 0.3) is 0 Å². The average molecular weight is 336 g/mol. The van der Waals surface area contributed by atoms with Crippen LogP contribution in [0, 0.1) is 6.92 Å². The predicted octanol–water partition coefficient (Wildman–Crippen LogP) is 2.45. The molecular formula is C16H20N2O4S. The van der Waals surface area contributed by atoms with Crippen molar-refractivity contribution in [3.05, 3.63) is 47.8 Å². The molecule has 7 heteroatoms. The van der Waals surface area contributed by atoms with Crippen molar-refractivity contribution in [1.29, 1.82) is 0 Å². The average Bonchev–Trinajstić information content (AvgIpc) is 2.54. The monoisotopic (exact) mass is 336 g/mol. The van der Waals surface area contributed by atoms with E-state index in [4.69, 9.17) is 9.47 Å². The molecule has 0 unspecified atom stereocenters. The lowest BCUT2D eigenvalue weighted by atomic mass is 10.1. The van der Waals surface area contributed by atoms with Crippen molar-refractivity contribution in [3.63, 3.8) is 0 Å². The first-order valence-electron chi connectivity index (χ1n) is 7.04. The normalized spacial score (nSPS) is 12.7. The van der Waals surface area contributed by atoms with Crippen molar-refractivity contribution in [1.82, 2.24) is 9.71 Å². The zero-order chi connectivity index (χ0) is 17.0. The number of nitrogens with one attached hydrogen (secondary N) is 1. The topological polar surface area (TPSA) is 77.5 Å². The summed E-state index contributed by atoms with van der Waals surface area (Å²) in [6.45, 7) is 3.50. The second kappa shape index (κ2) is 6.97. The summed E-state index contributed by atoms with van der Waals surface area (Å²) in [4.78, 5) is 4.09. The quantitative estimate of drug-likeness (QED) is 0.877. The molecule has 0 aliphatic rings. The standard InChI is InChI=1S/C16H20N2O4S/c1-11-9-14(21-3)15(22-4)10-16(11)23(19,20)18-12(2)13-5-7-17-8-6-13/h5-10,12,18H,1-4H3/t12-/m1/s1. The van der Waals surface area contributed by atoms with E-state index in [0.717, 1.165) is 5.56 Å². The molecule has 1 atom stereocenters. The van der Waals surface area contributed by atoms with E-state index in [9.17, 15) is 8.42 Å². The molecule has 1 N–H and O–H groups in total. The Hall–Kier alpha value is -2.12. The number of hydrogen-bond acceptors (Lipinski definition) is 5. The predicted molar refractivity (Wildman–Crippen MR) is 87.3 cm³/mol. The molecule has 2 rings (SSSR count). The van der Waals surface area contributed by atoms with E-state index in [1.807, 2.05) is 0 Å². The Balaban J connectivity index is 2.36. The van der Waals surface area contributed by atoms with E-state index in [1.54, 1.807) is 44.4 Å². The number of nitrogens with zero attached hydrogens (tertiary/aromatic N) is 1. The molecular weight excluding hydrogens is 316 g/mol. The molecule has 0 saturated heterocycles. The second-order valence-corrected chi connectivity index (χ2v) is 6.78. The number of ether oxygens (including phenoxy) is 2. The number of pyridine rings is 1. The molecule has 23 heavy (non-hydrogen) atoms. The third-order valence-corrected chi connectivity index (χ3v) is 5.19. The summed E-state index contributed by atoms with van der Waals surface area (Å²) in [7, 11) is -0.724. The number of benzene rings is 1. The Labute approximate surface area is 136 Å². The van der Waals surface area contributed by atoms with E-state index >= 15 is 0 Å². The molecule has 0 aliphatic carbocycles. The molecule has 0 saturated carbocycles. The zero-order valence-corrected chi connectivity index (χ0v) is 14.3. The largest absolute Gasteiger partial charge is 0.493 e. The summed E-state index contributed by atoms with van der Waals surface area (Å²) in [5, 5.41) is 0. The minimum absolute atomic E-state index is 0.163. The molecule has 0 radical (unpaired) electrons. The summed E-state index contributed by atoms with van der Waals surface area (Å²) >= 11 is 0. The van der Waals surface area contributed by atoms with Gasteiger partial charge >= 0.3 is 0 Å². The molecule has 1 aromatic heterocycles. The van der Waals surface area contributed by atoms with Crippen LogP contribution in [0.15, 0.2) is 41.6 Å². The fraction of sp³-hybridized carbons (Fsp3) is 0.312. The number of aryl methyl sites for hydroxylation is 1. The van der Waals surface area contributed by atoms with E-state index < -0.39 is 10.0 Å². The highest BCUT2D eigenvalue weighted by atomic mass is 32.2. The van der Waals surface area contributed by atoms with Crippen LogP contribution in [0.5, 0.6) is 11.5 Å². The minimum atomic E-state index is -3.70. The fourth-order valence-electron chi connectivity index (χ4n) is 2.27. The molecule has 1 heterocycles. The third kappa shape index (κ3) is 3.80.